The molecule has 1 amide bonds. The topological polar surface area (TPSA) is 90.3 Å². The summed E-state index contributed by atoms with van der Waals surface area (Å²) in [6.07, 6.45) is 1.51. The standard InChI is InChI=1S/C15H19N3O3S/c1-15(2,11-16)17-14(19)12-5-7-13(8-6-12)18-9-3-4-10-22(18,20)21/h5-8H,3-4,9-10H2,1-2H3,(H,17,19). The lowest BCUT2D eigenvalue weighted by Gasteiger charge is -2.28. The zero-order valence-corrected chi connectivity index (χ0v) is 13.5. The van der Waals surface area contributed by atoms with Crippen LogP contribution >= 0.6 is 0 Å². The van der Waals surface area contributed by atoms with Gasteiger partial charge in [0.25, 0.3) is 5.91 Å². The molecule has 2 rings (SSSR count). The van der Waals surface area contributed by atoms with Crippen LogP contribution in [-0.4, -0.2) is 32.2 Å². The number of rotatable bonds is 3. The van der Waals surface area contributed by atoms with Gasteiger partial charge in [0.1, 0.15) is 5.54 Å². The van der Waals surface area contributed by atoms with Gasteiger partial charge in [-0.25, -0.2) is 8.42 Å². The molecule has 0 radical (unpaired) electrons. The number of hydrogen-bond donors (Lipinski definition) is 1. The van der Waals surface area contributed by atoms with Crippen LogP contribution in [0, 0.1) is 11.3 Å². The third kappa shape index (κ3) is 3.57. The van der Waals surface area contributed by atoms with Crippen LogP contribution in [0.2, 0.25) is 0 Å². The second-order valence-corrected chi connectivity index (χ2v) is 7.85. The van der Waals surface area contributed by atoms with Gasteiger partial charge in [-0.3, -0.25) is 9.10 Å². The fourth-order valence-corrected chi connectivity index (χ4v) is 3.88. The average Bonchev–Trinajstić information content (AvgIpc) is 2.46. The van der Waals surface area contributed by atoms with E-state index in [0.29, 0.717) is 24.2 Å². The van der Waals surface area contributed by atoms with Crippen molar-refractivity contribution < 1.29 is 13.2 Å². The highest BCUT2D eigenvalue weighted by molar-refractivity contribution is 7.92. The minimum absolute atomic E-state index is 0.158. The molecular weight excluding hydrogens is 302 g/mol. The summed E-state index contributed by atoms with van der Waals surface area (Å²) in [5.41, 5.74) is 0.00339. The molecule has 0 bridgehead atoms. The SMILES string of the molecule is CC(C)(C#N)NC(=O)c1ccc(N2CCCCS2(=O)=O)cc1. The van der Waals surface area contributed by atoms with Crippen LogP contribution in [0.15, 0.2) is 24.3 Å². The molecule has 7 heteroatoms. The molecule has 1 fully saturated rings. The summed E-state index contributed by atoms with van der Waals surface area (Å²) in [4.78, 5) is 12.0. The summed E-state index contributed by atoms with van der Waals surface area (Å²) in [6.45, 7) is 3.69. The van der Waals surface area contributed by atoms with Gasteiger partial charge in [-0.1, -0.05) is 0 Å². The predicted octanol–water partition coefficient (Wildman–Crippen LogP) is 1.65. The molecule has 0 aliphatic carbocycles. The lowest BCUT2D eigenvalue weighted by Crippen LogP contribution is -2.42. The molecule has 0 spiro atoms. The van der Waals surface area contributed by atoms with Crippen molar-refractivity contribution in [2.24, 2.45) is 0 Å². The second-order valence-electron chi connectivity index (χ2n) is 5.83. The summed E-state index contributed by atoms with van der Waals surface area (Å²) >= 11 is 0. The highest BCUT2D eigenvalue weighted by Gasteiger charge is 2.26. The summed E-state index contributed by atoms with van der Waals surface area (Å²) in [6, 6.07) is 8.38. The third-order valence-electron chi connectivity index (χ3n) is 3.47. The number of benzene rings is 1. The van der Waals surface area contributed by atoms with Crippen molar-refractivity contribution in [1.29, 1.82) is 5.26 Å². The number of carbonyl (C=O) groups is 1. The fourth-order valence-electron chi connectivity index (χ4n) is 2.24. The predicted molar refractivity (Wildman–Crippen MR) is 84.0 cm³/mol. The van der Waals surface area contributed by atoms with Crippen LogP contribution in [0.3, 0.4) is 0 Å². The highest BCUT2D eigenvalue weighted by atomic mass is 32.2. The van der Waals surface area contributed by atoms with Crippen molar-refractivity contribution >= 4 is 21.6 Å². The number of sulfonamides is 1. The quantitative estimate of drug-likeness (QED) is 0.916. The normalized spacial score (nSPS) is 17.6. The average molecular weight is 321 g/mol. The van der Waals surface area contributed by atoms with E-state index in [9.17, 15) is 13.2 Å². The van der Waals surface area contributed by atoms with Crippen molar-refractivity contribution in [2.45, 2.75) is 32.2 Å². The monoisotopic (exact) mass is 321 g/mol. The van der Waals surface area contributed by atoms with Crippen molar-refractivity contribution in [3.8, 4) is 6.07 Å². The third-order valence-corrected chi connectivity index (χ3v) is 5.34. The van der Waals surface area contributed by atoms with Crippen LogP contribution < -0.4 is 9.62 Å². The number of nitrogens with zero attached hydrogens (tertiary/aromatic N) is 2. The van der Waals surface area contributed by atoms with E-state index in [2.05, 4.69) is 5.32 Å². The maximum Gasteiger partial charge on any atom is 0.252 e. The van der Waals surface area contributed by atoms with Crippen LogP contribution in [0.5, 0.6) is 0 Å². The summed E-state index contributed by atoms with van der Waals surface area (Å²) < 4.78 is 25.5. The van der Waals surface area contributed by atoms with Crippen LogP contribution in [0.1, 0.15) is 37.0 Å². The largest absolute Gasteiger partial charge is 0.334 e. The molecule has 1 saturated heterocycles. The molecular formula is C15H19N3O3S. The number of nitriles is 1. The number of nitrogens with one attached hydrogen (secondary N) is 1. The van der Waals surface area contributed by atoms with Crippen molar-refractivity contribution in [3.05, 3.63) is 29.8 Å². The molecule has 1 heterocycles. The van der Waals surface area contributed by atoms with E-state index in [-0.39, 0.29) is 11.7 Å². The zero-order valence-electron chi connectivity index (χ0n) is 12.7. The second kappa shape index (κ2) is 5.97. The first kappa shape index (κ1) is 16.3. The van der Waals surface area contributed by atoms with E-state index in [1.54, 1.807) is 38.1 Å². The first-order valence-corrected chi connectivity index (χ1v) is 8.70. The van der Waals surface area contributed by atoms with Crippen molar-refractivity contribution in [1.82, 2.24) is 5.32 Å². The van der Waals surface area contributed by atoms with Gasteiger partial charge in [-0.15, -0.1) is 0 Å². The Hall–Kier alpha value is -2.07. The number of hydrogen-bond acceptors (Lipinski definition) is 4. The van der Waals surface area contributed by atoms with E-state index < -0.39 is 15.6 Å². The minimum Gasteiger partial charge on any atom is -0.334 e. The molecule has 22 heavy (non-hydrogen) atoms. The fraction of sp³-hybridized carbons (Fsp3) is 0.467. The van der Waals surface area contributed by atoms with Gasteiger partial charge >= 0.3 is 0 Å². The maximum absolute atomic E-state index is 12.0. The molecule has 118 valence electrons. The Balaban J connectivity index is 2.17. The molecule has 0 saturated carbocycles. The van der Waals surface area contributed by atoms with Gasteiger partial charge < -0.3 is 5.32 Å². The summed E-state index contributed by atoms with van der Waals surface area (Å²) in [5.74, 6) is -0.203. The smallest absolute Gasteiger partial charge is 0.252 e. The van der Waals surface area contributed by atoms with Crippen LogP contribution in [0.4, 0.5) is 5.69 Å². The van der Waals surface area contributed by atoms with E-state index in [1.165, 1.54) is 4.31 Å². The van der Waals surface area contributed by atoms with Crippen molar-refractivity contribution in [3.63, 3.8) is 0 Å². The molecule has 6 nitrogen and oxygen atoms in total. The minimum atomic E-state index is -3.25. The van der Waals surface area contributed by atoms with E-state index in [0.717, 1.165) is 6.42 Å². The summed E-state index contributed by atoms with van der Waals surface area (Å²) in [5, 5.41) is 11.5. The van der Waals surface area contributed by atoms with Crippen LogP contribution in [0.25, 0.3) is 0 Å². The number of amides is 1. The molecule has 1 N–H and O–H groups in total. The van der Waals surface area contributed by atoms with Gasteiger partial charge in [-0.2, -0.15) is 5.26 Å². The molecule has 1 aliphatic heterocycles. The Morgan fingerprint density at radius 1 is 1.27 bits per heavy atom. The molecule has 1 aromatic carbocycles. The zero-order chi connectivity index (χ0) is 16.4. The molecule has 0 aromatic heterocycles. The first-order chi connectivity index (χ1) is 10.2. The van der Waals surface area contributed by atoms with E-state index in [4.69, 9.17) is 5.26 Å². The lowest BCUT2D eigenvalue weighted by atomic mass is 10.1. The Kier molecular flexibility index (Phi) is 4.42. The Bertz CT molecular complexity index is 703. The Labute approximate surface area is 130 Å². The Morgan fingerprint density at radius 3 is 2.45 bits per heavy atom. The molecule has 0 atom stereocenters. The maximum atomic E-state index is 12.0. The first-order valence-electron chi connectivity index (χ1n) is 7.09. The van der Waals surface area contributed by atoms with Gasteiger partial charge in [0.2, 0.25) is 10.0 Å². The lowest BCUT2D eigenvalue weighted by molar-refractivity contribution is 0.0929. The summed E-state index contributed by atoms with van der Waals surface area (Å²) in [7, 11) is -3.25. The van der Waals surface area contributed by atoms with Gasteiger partial charge in [0.15, 0.2) is 0 Å². The molecule has 1 aromatic rings. The van der Waals surface area contributed by atoms with Crippen LogP contribution in [-0.2, 0) is 10.0 Å². The number of carbonyl (C=O) groups excluding carboxylic acids is 1. The van der Waals surface area contributed by atoms with Gasteiger partial charge in [-0.05, 0) is 51.0 Å². The molecule has 0 unspecified atom stereocenters. The van der Waals surface area contributed by atoms with E-state index >= 15 is 0 Å². The number of anilines is 1. The Morgan fingerprint density at radius 2 is 1.91 bits per heavy atom. The van der Waals surface area contributed by atoms with Gasteiger partial charge in [0, 0.05) is 12.1 Å². The van der Waals surface area contributed by atoms with Gasteiger partial charge in [0.05, 0.1) is 17.5 Å². The van der Waals surface area contributed by atoms with Crippen molar-refractivity contribution in [2.75, 3.05) is 16.6 Å². The highest BCUT2D eigenvalue weighted by Crippen LogP contribution is 2.23. The van der Waals surface area contributed by atoms with E-state index in [1.807, 2.05) is 6.07 Å². The molecule has 1 aliphatic rings.